The first-order valence-corrected chi connectivity index (χ1v) is 6.80. The molecule has 92 valence electrons. The lowest BCUT2D eigenvalue weighted by Crippen LogP contribution is -2.40. The quantitative estimate of drug-likeness (QED) is 0.801. The third-order valence-corrected chi connectivity index (χ3v) is 3.71. The van der Waals surface area contributed by atoms with Gasteiger partial charge in [-0.1, -0.05) is 49.5 Å². The Morgan fingerprint density at radius 2 is 2.24 bits per heavy atom. The molecule has 1 aromatic rings. The zero-order valence-electron chi connectivity index (χ0n) is 10.3. The van der Waals surface area contributed by atoms with Crippen LogP contribution >= 0.6 is 12.2 Å². The highest BCUT2D eigenvalue weighted by molar-refractivity contribution is 7.80. The molecule has 1 heterocycles. The monoisotopic (exact) mass is 248 g/mol. The molecule has 0 bridgehead atoms. The summed E-state index contributed by atoms with van der Waals surface area (Å²) in [6, 6.07) is 11.2. The van der Waals surface area contributed by atoms with E-state index in [9.17, 15) is 0 Å². The van der Waals surface area contributed by atoms with E-state index in [1.165, 1.54) is 12.0 Å². The van der Waals surface area contributed by atoms with E-state index in [4.69, 9.17) is 12.2 Å². The molecule has 0 spiro atoms. The summed E-state index contributed by atoms with van der Waals surface area (Å²) in [6.07, 6.45) is 3.45. The SMILES string of the molecule is CC[C@@H](NC(=S)[C@@H]1CCCN1)c1ccccc1. The molecule has 2 N–H and O–H groups in total. The topological polar surface area (TPSA) is 24.1 Å². The Bertz CT molecular complexity index is 358. The van der Waals surface area contributed by atoms with Crippen molar-refractivity contribution in [2.24, 2.45) is 0 Å². The molecule has 1 fully saturated rings. The summed E-state index contributed by atoms with van der Waals surface area (Å²) in [4.78, 5) is 0.971. The van der Waals surface area contributed by atoms with Gasteiger partial charge in [0.05, 0.1) is 17.1 Å². The minimum absolute atomic E-state index is 0.339. The Hall–Kier alpha value is -0.930. The highest BCUT2D eigenvalue weighted by Crippen LogP contribution is 2.17. The first kappa shape index (κ1) is 12.5. The second kappa shape index (κ2) is 6.12. The molecule has 0 radical (unpaired) electrons. The van der Waals surface area contributed by atoms with Crippen LogP contribution in [0.3, 0.4) is 0 Å². The molecule has 1 aliphatic heterocycles. The molecule has 2 rings (SSSR count). The minimum Gasteiger partial charge on any atom is -0.372 e. The van der Waals surface area contributed by atoms with Crippen molar-refractivity contribution in [1.29, 1.82) is 0 Å². The average Bonchev–Trinajstić information content (AvgIpc) is 2.90. The van der Waals surface area contributed by atoms with Crippen molar-refractivity contribution in [3.8, 4) is 0 Å². The van der Waals surface area contributed by atoms with Crippen LogP contribution in [0, 0.1) is 0 Å². The van der Waals surface area contributed by atoms with E-state index in [0.29, 0.717) is 12.1 Å². The van der Waals surface area contributed by atoms with E-state index < -0.39 is 0 Å². The summed E-state index contributed by atoms with van der Waals surface area (Å²) < 4.78 is 0. The third kappa shape index (κ3) is 3.27. The van der Waals surface area contributed by atoms with Crippen molar-refractivity contribution in [2.75, 3.05) is 6.54 Å². The molecule has 0 saturated carbocycles. The summed E-state index contributed by atoms with van der Waals surface area (Å²) in [5.41, 5.74) is 1.32. The number of rotatable bonds is 4. The standard InChI is InChI=1S/C14H20N2S/c1-2-12(11-7-4-3-5-8-11)16-14(17)13-9-6-10-15-13/h3-5,7-8,12-13,15H,2,6,9-10H2,1H3,(H,16,17)/t12-,13+/m1/s1. The fourth-order valence-electron chi connectivity index (χ4n) is 2.29. The number of thiocarbonyl (C=S) groups is 1. The zero-order valence-corrected chi connectivity index (χ0v) is 11.1. The molecular weight excluding hydrogens is 228 g/mol. The Balaban J connectivity index is 1.97. The van der Waals surface area contributed by atoms with Crippen molar-refractivity contribution in [3.63, 3.8) is 0 Å². The van der Waals surface area contributed by atoms with Gasteiger partial charge in [0.1, 0.15) is 0 Å². The van der Waals surface area contributed by atoms with Gasteiger partial charge in [0, 0.05) is 0 Å². The molecule has 3 heteroatoms. The van der Waals surface area contributed by atoms with Gasteiger partial charge in [0.25, 0.3) is 0 Å². The van der Waals surface area contributed by atoms with E-state index in [2.05, 4.69) is 41.8 Å². The van der Waals surface area contributed by atoms with Gasteiger partial charge in [-0.15, -0.1) is 0 Å². The van der Waals surface area contributed by atoms with Crippen molar-refractivity contribution in [2.45, 2.75) is 38.3 Å². The van der Waals surface area contributed by atoms with Gasteiger partial charge < -0.3 is 10.6 Å². The second-order valence-corrected chi connectivity index (χ2v) is 4.97. The van der Waals surface area contributed by atoms with Gasteiger partial charge >= 0.3 is 0 Å². The molecule has 2 atom stereocenters. The second-order valence-electron chi connectivity index (χ2n) is 4.53. The van der Waals surface area contributed by atoms with Gasteiger partial charge in [0.2, 0.25) is 0 Å². The minimum atomic E-state index is 0.339. The largest absolute Gasteiger partial charge is 0.372 e. The number of hydrogen-bond donors (Lipinski definition) is 2. The van der Waals surface area contributed by atoms with Crippen LogP contribution < -0.4 is 10.6 Å². The number of nitrogens with one attached hydrogen (secondary N) is 2. The van der Waals surface area contributed by atoms with Crippen LogP contribution in [-0.2, 0) is 0 Å². The molecule has 1 saturated heterocycles. The van der Waals surface area contributed by atoms with Gasteiger partial charge in [-0.05, 0) is 31.4 Å². The molecular formula is C14H20N2S. The number of benzene rings is 1. The van der Waals surface area contributed by atoms with Crippen molar-refractivity contribution in [1.82, 2.24) is 10.6 Å². The van der Waals surface area contributed by atoms with Gasteiger partial charge in [-0.3, -0.25) is 0 Å². The first-order valence-electron chi connectivity index (χ1n) is 6.40. The predicted octanol–water partition coefficient (Wildman–Crippen LogP) is 2.81. The summed E-state index contributed by atoms with van der Waals surface area (Å²) in [5, 5.41) is 6.93. The molecule has 1 aliphatic rings. The Kier molecular flexibility index (Phi) is 4.51. The third-order valence-electron chi connectivity index (χ3n) is 3.30. The normalized spacial score (nSPS) is 21.1. The zero-order chi connectivity index (χ0) is 12.1. The highest BCUT2D eigenvalue weighted by Gasteiger charge is 2.20. The van der Waals surface area contributed by atoms with Crippen LogP contribution in [0.2, 0.25) is 0 Å². The maximum absolute atomic E-state index is 5.48. The smallest absolute Gasteiger partial charge is 0.0930 e. The van der Waals surface area contributed by atoms with Crippen LogP contribution in [0.15, 0.2) is 30.3 Å². The van der Waals surface area contributed by atoms with Crippen LogP contribution in [0.4, 0.5) is 0 Å². The first-order chi connectivity index (χ1) is 8.31. The van der Waals surface area contributed by atoms with E-state index in [0.717, 1.165) is 24.4 Å². The molecule has 0 aliphatic carbocycles. The summed E-state index contributed by atoms with van der Waals surface area (Å²) >= 11 is 5.48. The lowest BCUT2D eigenvalue weighted by Gasteiger charge is -2.22. The van der Waals surface area contributed by atoms with Crippen LogP contribution in [0.5, 0.6) is 0 Å². The molecule has 2 nitrogen and oxygen atoms in total. The summed E-state index contributed by atoms with van der Waals surface area (Å²) in [5.74, 6) is 0. The molecule has 1 aromatic carbocycles. The van der Waals surface area contributed by atoms with Crippen LogP contribution in [0.25, 0.3) is 0 Å². The van der Waals surface area contributed by atoms with E-state index in [1.54, 1.807) is 0 Å². The lowest BCUT2D eigenvalue weighted by molar-refractivity contribution is 0.607. The van der Waals surface area contributed by atoms with E-state index in [1.807, 2.05) is 6.07 Å². The maximum atomic E-state index is 5.48. The summed E-state index contributed by atoms with van der Waals surface area (Å²) in [6.45, 7) is 3.28. The van der Waals surface area contributed by atoms with Crippen LogP contribution in [-0.4, -0.2) is 17.6 Å². The average molecular weight is 248 g/mol. The van der Waals surface area contributed by atoms with Gasteiger partial charge in [-0.25, -0.2) is 0 Å². The Morgan fingerprint density at radius 3 is 2.82 bits per heavy atom. The predicted molar refractivity (Wildman–Crippen MR) is 76.2 cm³/mol. The summed E-state index contributed by atoms with van der Waals surface area (Å²) in [7, 11) is 0. The van der Waals surface area contributed by atoms with Crippen molar-refractivity contribution in [3.05, 3.63) is 35.9 Å². The fraction of sp³-hybridized carbons (Fsp3) is 0.500. The molecule has 0 aromatic heterocycles. The Morgan fingerprint density at radius 1 is 1.47 bits per heavy atom. The van der Waals surface area contributed by atoms with E-state index in [-0.39, 0.29) is 0 Å². The van der Waals surface area contributed by atoms with E-state index >= 15 is 0 Å². The van der Waals surface area contributed by atoms with Crippen molar-refractivity contribution >= 4 is 17.2 Å². The van der Waals surface area contributed by atoms with Gasteiger partial charge in [0.15, 0.2) is 0 Å². The molecule has 0 amide bonds. The maximum Gasteiger partial charge on any atom is 0.0930 e. The number of hydrogen-bond acceptors (Lipinski definition) is 2. The molecule has 0 unspecified atom stereocenters. The van der Waals surface area contributed by atoms with Crippen molar-refractivity contribution < 1.29 is 0 Å². The lowest BCUT2D eigenvalue weighted by atomic mass is 10.0. The fourth-order valence-corrected chi connectivity index (χ4v) is 2.63. The molecule has 17 heavy (non-hydrogen) atoms. The van der Waals surface area contributed by atoms with Crippen LogP contribution in [0.1, 0.15) is 37.8 Å². The highest BCUT2D eigenvalue weighted by atomic mass is 32.1. The Labute approximate surface area is 109 Å². The van der Waals surface area contributed by atoms with Gasteiger partial charge in [-0.2, -0.15) is 0 Å².